The van der Waals surface area contributed by atoms with Crippen molar-refractivity contribution in [3.05, 3.63) is 52.8 Å². The van der Waals surface area contributed by atoms with Gasteiger partial charge in [-0.1, -0.05) is 26.8 Å². The maximum absolute atomic E-state index is 13.6. The van der Waals surface area contributed by atoms with Crippen LogP contribution in [0.1, 0.15) is 56.7 Å². The lowest BCUT2D eigenvalue weighted by atomic mass is 9.92. The third-order valence-electron chi connectivity index (χ3n) is 5.66. The number of nitrogens with zero attached hydrogens (tertiary/aromatic N) is 1. The molecule has 31 heavy (non-hydrogen) atoms. The molecule has 166 valence electrons. The second-order valence-corrected chi connectivity index (χ2v) is 11.2. The smallest absolute Gasteiger partial charge is 0.224 e. The molecule has 4 nitrogen and oxygen atoms in total. The van der Waals surface area contributed by atoms with Crippen LogP contribution in [0, 0.1) is 11.2 Å². The predicted octanol–water partition coefficient (Wildman–Crippen LogP) is 5.51. The lowest BCUT2D eigenvalue weighted by Gasteiger charge is -2.32. The van der Waals surface area contributed by atoms with Gasteiger partial charge in [-0.3, -0.25) is 4.79 Å². The Kier molecular flexibility index (Phi) is 6.31. The Balaban J connectivity index is 1.63. The average Bonchev–Trinajstić information content (AvgIpc) is 3.51. The summed E-state index contributed by atoms with van der Waals surface area (Å²) < 4.78 is 13.6. The molecule has 1 aliphatic carbocycles. The minimum atomic E-state index is -0.187. The summed E-state index contributed by atoms with van der Waals surface area (Å²) >= 11 is 1.79. The van der Waals surface area contributed by atoms with Crippen LogP contribution in [0.25, 0.3) is 0 Å². The summed E-state index contributed by atoms with van der Waals surface area (Å²) in [7, 11) is 0. The molecule has 0 bridgehead atoms. The highest BCUT2D eigenvalue weighted by Crippen LogP contribution is 2.45. The van der Waals surface area contributed by atoms with Crippen molar-refractivity contribution in [2.75, 3.05) is 16.8 Å². The Bertz CT molecular complexity index is 982. The van der Waals surface area contributed by atoms with Crippen LogP contribution in [-0.2, 0) is 24.4 Å². The number of aliphatic hydroxyl groups excluding tert-OH is 1. The highest BCUT2D eigenvalue weighted by Gasteiger charge is 2.27. The first-order chi connectivity index (χ1) is 14.7. The van der Waals surface area contributed by atoms with E-state index >= 15 is 0 Å². The Labute approximate surface area is 188 Å². The molecule has 6 heteroatoms. The summed E-state index contributed by atoms with van der Waals surface area (Å²) in [6, 6.07) is 9.14. The largest absolute Gasteiger partial charge is 0.392 e. The zero-order chi connectivity index (χ0) is 22.2. The number of amides is 1. The van der Waals surface area contributed by atoms with Gasteiger partial charge in [-0.2, -0.15) is 0 Å². The number of hydrogen-bond donors (Lipinski definition) is 2. The molecule has 2 N–H and O–H groups in total. The van der Waals surface area contributed by atoms with Crippen molar-refractivity contribution >= 4 is 29.0 Å². The third kappa shape index (κ3) is 5.60. The molecule has 1 aliphatic heterocycles. The van der Waals surface area contributed by atoms with E-state index < -0.39 is 0 Å². The van der Waals surface area contributed by atoms with Gasteiger partial charge in [0.2, 0.25) is 5.91 Å². The van der Waals surface area contributed by atoms with Crippen LogP contribution in [0.4, 0.5) is 15.8 Å². The Morgan fingerprint density at radius 1 is 1.23 bits per heavy atom. The number of thioether (sulfide) groups is 1. The lowest BCUT2D eigenvalue weighted by Crippen LogP contribution is -2.30. The van der Waals surface area contributed by atoms with E-state index in [2.05, 4.69) is 16.3 Å². The summed E-state index contributed by atoms with van der Waals surface area (Å²) in [5.41, 5.74) is 4.63. The van der Waals surface area contributed by atoms with Crippen molar-refractivity contribution in [2.24, 2.45) is 5.41 Å². The number of aliphatic hydroxyl groups is 1. The number of hydrogen-bond acceptors (Lipinski definition) is 4. The van der Waals surface area contributed by atoms with Gasteiger partial charge in [0.1, 0.15) is 5.82 Å². The van der Waals surface area contributed by atoms with Crippen molar-refractivity contribution < 1.29 is 14.3 Å². The maximum Gasteiger partial charge on any atom is 0.224 e. The highest BCUT2D eigenvalue weighted by molar-refractivity contribution is 8.00. The molecule has 1 heterocycles. The van der Waals surface area contributed by atoms with E-state index in [0.717, 1.165) is 45.9 Å². The van der Waals surface area contributed by atoms with Gasteiger partial charge >= 0.3 is 0 Å². The number of anilines is 2. The number of carbonyl (C=O) groups is 1. The molecule has 1 fully saturated rings. The summed E-state index contributed by atoms with van der Waals surface area (Å²) in [6.45, 7) is 7.51. The Hall–Kier alpha value is -2.05. The fraction of sp³-hybridized carbons (Fsp3) is 0.480. The molecule has 0 unspecified atom stereocenters. The first-order valence-corrected chi connectivity index (χ1v) is 11.9. The zero-order valence-electron chi connectivity index (χ0n) is 18.5. The monoisotopic (exact) mass is 442 g/mol. The molecule has 4 rings (SSSR count). The van der Waals surface area contributed by atoms with E-state index in [0.29, 0.717) is 18.2 Å². The molecular weight excluding hydrogens is 411 g/mol. The minimum Gasteiger partial charge on any atom is -0.392 e. The zero-order valence-corrected chi connectivity index (χ0v) is 19.3. The van der Waals surface area contributed by atoms with Gasteiger partial charge in [0, 0.05) is 40.9 Å². The van der Waals surface area contributed by atoms with Crippen LogP contribution in [0.2, 0.25) is 0 Å². The molecule has 1 amide bonds. The SMILES string of the molecule is CC(C)(C)CC(=O)Nc1c(CO)cc(N2CCc3cc(F)ccc3C2)cc1SC1CC1. The normalized spacial score (nSPS) is 16.2. The highest BCUT2D eigenvalue weighted by atomic mass is 32.2. The van der Waals surface area contributed by atoms with Crippen molar-refractivity contribution in [1.82, 2.24) is 0 Å². The number of benzene rings is 2. The topological polar surface area (TPSA) is 52.6 Å². The number of halogens is 1. The number of rotatable bonds is 6. The van der Waals surface area contributed by atoms with E-state index in [1.807, 2.05) is 32.9 Å². The average molecular weight is 443 g/mol. The van der Waals surface area contributed by atoms with Gasteiger partial charge in [0.15, 0.2) is 0 Å². The summed E-state index contributed by atoms with van der Waals surface area (Å²) in [5, 5.41) is 13.8. The first kappa shape index (κ1) is 22.2. The predicted molar refractivity (Wildman–Crippen MR) is 125 cm³/mol. The summed E-state index contributed by atoms with van der Waals surface area (Å²) in [6.07, 6.45) is 3.58. The van der Waals surface area contributed by atoms with Crippen LogP contribution in [-0.4, -0.2) is 22.8 Å². The minimum absolute atomic E-state index is 0.0264. The van der Waals surface area contributed by atoms with Crippen molar-refractivity contribution in [1.29, 1.82) is 0 Å². The van der Waals surface area contributed by atoms with Crippen LogP contribution in [0.5, 0.6) is 0 Å². The van der Waals surface area contributed by atoms with Crippen molar-refractivity contribution in [2.45, 2.75) is 69.8 Å². The van der Waals surface area contributed by atoms with Gasteiger partial charge < -0.3 is 15.3 Å². The molecule has 0 saturated heterocycles. The van der Waals surface area contributed by atoms with Gasteiger partial charge in [-0.05, 0) is 60.1 Å². The number of carbonyl (C=O) groups excluding carboxylic acids is 1. The van der Waals surface area contributed by atoms with Gasteiger partial charge in [0.25, 0.3) is 0 Å². The molecule has 1 saturated carbocycles. The molecule has 2 aliphatic rings. The van der Waals surface area contributed by atoms with E-state index in [9.17, 15) is 14.3 Å². The van der Waals surface area contributed by atoms with Crippen molar-refractivity contribution in [3.8, 4) is 0 Å². The van der Waals surface area contributed by atoms with Crippen LogP contribution in [0.15, 0.2) is 35.2 Å². The van der Waals surface area contributed by atoms with Gasteiger partial charge in [-0.25, -0.2) is 4.39 Å². The molecular formula is C25H31FN2O2S. The number of fused-ring (bicyclic) bond motifs is 1. The van der Waals surface area contributed by atoms with Gasteiger partial charge in [0.05, 0.1) is 12.3 Å². The second-order valence-electron chi connectivity index (χ2n) is 9.82. The number of nitrogens with one attached hydrogen (secondary N) is 1. The first-order valence-electron chi connectivity index (χ1n) is 11.0. The Morgan fingerprint density at radius 2 is 2.00 bits per heavy atom. The molecule has 0 spiro atoms. The summed E-state index contributed by atoms with van der Waals surface area (Å²) in [5.74, 6) is -0.213. The molecule has 0 radical (unpaired) electrons. The van der Waals surface area contributed by atoms with E-state index in [1.165, 1.54) is 18.9 Å². The standard InChI is InChI=1S/C25H31FN2O2S/c1-25(2,3)13-23(30)27-24-18(15-29)11-20(12-22(24)31-21-6-7-21)28-9-8-16-10-19(26)5-4-17(16)14-28/h4-5,10-12,21,29H,6-9,13-15H2,1-3H3,(H,27,30). The third-order valence-corrected chi connectivity index (χ3v) is 7.04. The van der Waals surface area contributed by atoms with Crippen LogP contribution < -0.4 is 10.2 Å². The molecule has 0 atom stereocenters. The fourth-order valence-electron chi connectivity index (χ4n) is 3.97. The Morgan fingerprint density at radius 3 is 2.68 bits per heavy atom. The van der Waals surface area contributed by atoms with Crippen LogP contribution in [0.3, 0.4) is 0 Å². The second kappa shape index (κ2) is 8.83. The van der Waals surface area contributed by atoms with E-state index in [1.54, 1.807) is 17.8 Å². The van der Waals surface area contributed by atoms with Crippen molar-refractivity contribution in [3.63, 3.8) is 0 Å². The fourth-order valence-corrected chi connectivity index (χ4v) is 5.19. The van der Waals surface area contributed by atoms with E-state index in [-0.39, 0.29) is 23.7 Å². The van der Waals surface area contributed by atoms with Crippen LogP contribution >= 0.6 is 11.8 Å². The quantitative estimate of drug-likeness (QED) is 0.619. The molecule has 2 aromatic rings. The molecule has 2 aromatic carbocycles. The van der Waals surface area contributed by atoms with Gasteiger partial charge in [-0.15, -0.1) is 11.8 Å². The summed E-state index contributed by atoms with van der Waals surface area (Å²) in [4.78, 5) is 16.0. The molecule has 0 aromatic heterocycles. The van der Waals surface area contributed by atoms with E-state index in [4.69, 9.17) is 0 Å². The maximum atomic E-state index is 13.6. The lowest BCUT2D eigenvalue weighted by molar-refractivity contribution is -0.117.